The van der Waals surface area contributed by atoms with Gasteiger partial charge in [0.25, 0.3) is 11.8 Å². The van der Waals surface area contributed by atoms with Gasteiger partial charge in [-0.25, -0.2) is 13.1 Å². The summed E-state index contributed by atoms with van der Waals surface area (Å²) in [6, 6.07) is 7.32. The Morgan fingerprint density at radius 1 is 1.11 bits per heavy atom. The Morgan fingerprint density at radius 3 is 2.33 bits per heavy atom. The van der Waals surface area contributed by atoms with Crippen molar-refractivity contribution in [2.24, 2.45) is 0 Å². The highest BCUT2D eigenvalue weighted by atomic mass is 32.2. The monoisotopic (exact) mass is 395 g/mol. The van der Waals surface area contributed by atoms with Crippen LogP contribution < -0.4 is 20.3 Å². The molecule has 0 bridgehead atoms. The van der Waals surface area contributed by atoms with Gasteiger partial charge in [-0.1, -0.05) is 0 Å². The number of hydrogen-bond acceptors (Lipinski definition) is 6. The molecule has 0 aliphatic carbocycles. The number of benzene rings is 1. The predicted molar refractivity (Wildman–Crippen MR) is 96.6 cm³/mol. The minimum atomic E-state index is -3.88. The van der Waals surface area contributed by atoms with Gasteiger partial charge in [0, 0.05) is 0 Å². The van der Waals surface area contributed by atoms with Crippen LogP contribution in [0.1, 0.15) is 28.8 Å². The minimum Gasteiger partial charge on any atom is -0.494 e. The van der Waals surface area contributed by atoms with Crippen molar-refractivity contribution in [3.8, 4) is 5.75 Å². The third-order valence-electron chi connectivity index (χ3n) is 3.47. The highest BCUT2D eigenvalue weighted by Gasteiger charge is 2.17. The molecule has 27 heavy (non-hydrogen) atoms. The number of nitrogens with one attached hydrogen (secondary N) is 3. The maximum atomic E-state index is 12.2. The standard InChI is InChI=1S/C17H21N3O6S/c1-4-25-13-5-7-14(8-6-13)27(23,24)18-10-16(21)19-20-17(22)15-9-11(2)26-12(15)3/h5-9,18H,4,10H2,1-3H3,(H,19,21)(H,20,22). The van der Waals surface area contributed by atoms with Gasteiger partial charge in [-0.05, 0) is 51.1 Å². The Hall–Kier alpha value is -2.85. The van der Waals surface area contributed by atoms with Crippen LogP contribution in [-0.4, -0.2) is 33.4 Å². The fourth-order valence-electron chi connectivity index (χ4n) is 2.22. The van der Waals surface area contributed by atoms with E-state index in [1.54, 1.807) is 13.8 Å². The van der Waals surface area contributed by atoms with E-state index in [-0.39, 0.29) is 10.5 Å². The van der Waals surface area contributed by atoms with E-state index in [0.717, 1.165) is 0 Å². The number of amides is 2. The zero-order valence-electron chi connectivity index (χ0n) is 15.2. The number of carbonyl (C=O) groups excluding carboxylic acids is 2. The number of aryl methyl sites for hydroxylation is 2. The van der Waals surface area contributed by atoms with Gasteiger partial charge in [-0.2, -0.15) is 0 Å². The number of hydrogen-bond donors (Lipinski definition) is 3. The summed E-state index contributed by atoms with van der Waals surface area (Å²) >= 11 is 0. The van der Waals surface area contributed by atoms with Gasteiger partial charge in [0.15, 0.2) is 0 Å². The van der Waals surface area contributed by atoms with Crippen molar-refractivity contribution >= 4 is 21.8 Å². The molecular formula is C17H21N3O6S. The van der Waals surface area contributed by atoms with E-state index >= 15 is 0 Å². The molecule has 10 heteroatoms. The molecule has 0 saturated carbocycles. The fraction of sp³-hybridized carbons (Fsp3) is 0.294. The van der Waals surface area contributed by atoms with Gasteiger partial charge in [-0.15, -0.1) is 0 Å². The van der Waals surface area contributed by atoms with E-state index in [1.807, 2.05) is 6.92 Å². The average molecular weight is 395 g/mol. The van der Waals surface area contributed by atoms with Crippen LogP contribution in [0.15, 0.2) is 39.6 Å². The smallest absolute Gasteiger partial charge is 0.273 e. The van der Waals surface area contributed by atoms with Crippen molar-refractivity contribution in [3.63, 3.8) is 0 Å². The lowest BCUT2D eigenvalue weighted by Gasteiger charge is -2.09. The molecule has 2 aromatic rings. The molecule has 2 amide bonds. The van der Waals surface area contributed by atoms with Crippen LogP contribution in [0.5, 0.6) is 5.75 Å². The second-order valence-corrected chi connectivity index (χ2v) is 7.33. The molecule has 2 rings (SSSR count). The Bertz CT molecular complexity index is 919. The predicted octanol–water partition coefficient (Wildman–Crippen LogP) is 1.03. The van der Waals surface area contributed by atoms with Gasteiger partial charge >= 0.3 is 0 Å². The van der Waals surface area contributed by atoms with Crippen LogP contribution >= 0.6 is 0 Å². The van der Waals surface area contributed by atoms with E-state index in [0.29, 0.717) is 23.9 Å². The molecule has 146 valence electrons. The molecular weight excluding hydrogens is 374 g/mol. The summed E-state index contributed by atoms with van der Waals surface area (Å²) in [5, 5.41) is 0. The first-order valence-corrected chi connectivity index (χ1v) is 9.60. The van der Waals surface area contributed by atoms with Crippen LogP contribution in [0.2, 0.25) is 0 Å². The Kier molecular flexibility index (Phi) is 6.59. The zero-order valence-corrected chi connectivity index (χ0v) is 16.0. The van der Waals surface area contributed by atoms with Crippen molar-refractivity contribution in [1.29, 1.82) is 0 Å². The summed E-state index contributed by atoms with van der Waals surface area (Å²) in [4.78, 5) is 23.7. The summed E-state index contributed by atoms with van der Waals surface area (Å²) in [5.41, 5.74) is 4.62. The van der Waals surface area contributed by atoms with Crippen LogP contribution in [0.25, 0.3) is 0 Å². The molecule has 0 saturated heterocycles. The second kappa shape index (κ2) is 8.69. The van der Waals surface area contributed by atoms with Crippen molar-refractivity contribution in [2.45, 2.75) is 25.7 Å². The largest absolute Gasteiger partial charge is 0.494 e. The van der Waals surface area contributed by atoms with Crippen molar-refractivity contribution in [2.75, 3.05) is 13.2 Å². The zero-order chi connectivity index (χ0) is 20.0. The van der Waals surface area contributed by atoms with Crippen LogP contribution in [-0.2, 0) is 14.8 Å². The van der Waals surface area contributed by atoms with Crippen molar-refractivity contribution < 1.29 is 27.2 Å². The molecule has 0 fully saturated rings. The lowest BCUT2D eigenvalue weighted by Crippen LogP contribution is -2.46. The highest BCUT2D eigenvalue weighted by molar-refractivity contribution is 7.89. The molecule has 0 atom stereocenters. The summed E-state index contributed by atoms with van der Waals surface area (Å²) in [6.45, 7) is 5.05. The SMILES string of the molecule is CCOc1ccc(S(=O)(=O)NCC(=O)NNC(=O)c2cc(C)oc2C)cc1. The minimum absolute atomic E-state index is 0.00714. The molecule has 3 N–H and O–H groups in total. The van der Waals surface area contributed by atoms with Crippen LogP contribution in [0.3, 0.4) is 0 Å². The fourth-order valence-corrected chi connectivity index (χ4v) is 3.20. The van der Waals surface area contributed by atoms with E-state index < -0.39 is 28.4 Å². The third-order valence-corrected chi connectivity index (χ3v) is 4.89. The molecule has 1 aromatic carbocycles. The number of ether oxygens (including phenoxy) is 1. The normalized spacial score (nSPS) is 11.1. The van der Waals surface area contributed by atoms with Gasteiger partial charge in [0.1, 0.15) is 17.3 Å². The molecule has 0 aliphatic heterocycles. The highest BCUT2D eigenvalue weighted by Crippen LogP contribution is 2.15. The quantitative estimate of drug-likeness (QED) is 0.601. The van der Waals surface area contributed by atoms with Gasteiger partial charge in [-0.3, -0.25) is 20.4 Å². The lowest BCUT2D eigenvalue weighted by atomic mass is 10.2. The topological polar surface area (TPSA) is 127 Å². The number of sulfonamides is 1. The summed E-state index contributed by atoms with van der Waals surface area (Å²) in [5.74, 6) is 0.229. The first-order valence-electron chi connectivity index (χ1n) is 8.11. The first kappa shape index (κ1) is 20.5. The Labute approximate surface area is 157 Å². The average Bonchev–Trinajstić information content (AvgIpc) is 2.97. The number of carbonyl (C=O) groups is 2. The van der Waals surface area contributed by atoms with Crippen molar-refractivity contribution in [3.05, 3.63) is 47.4 Å². The first-order chi connectivity index (χ1) is 12.7. The number of furan rings is 1. The molecule has 1 heterocycles. The lowest BCUT2D eigenvalue weighted by molar-refractivity contribution is -0.120. The number of rotatable bonds is 7. The molecule has 0 unspecified atom stereocenters. The molecule has 9 nitrogen and oxygen atoms in total. The maximum absolute atomic E-state index is 12.2. The summed E-state index contributed by atoms with van der Waals surface area (Å²) in [6.07, 6.45) is 0. The van der Waals surface area contributed by atoms with Crippen molar-refractivity contribution in [1.82, 2.24) is 15.6 Å². The second-order valence-electron chi connectivity index (χ2n) is 5.56. The summed E-state index contributed by atoms with van der Waals surface area (Å²) in [7, 11) is -3.88. The van der Waals surface area contributed by atoms with Gasteiger partial charge in [0.2, 0.25) is 10.0 Å². The van der Waals surface area contributed by atoms with E-state index in [2.05, 4.69) is 15.6 Å². The number of hydrazine groups is 1. The van der Waals surface area contributed by atoms with Crippen LogP contribution in [0, 0.1) is 13.8 Å². The Balaban J connectivity index is 1.86. The summed E-state index contributed by atoms with van der Waals surface area (Å²) < 4.78 is 37.0. The Morgan fingerprint density at radius 2 is 1.78 bits per heavy atom. The molecule has 0 spiro atoms. The molecule has 0 aliphatic rings. The maximum Gasteiger partial charge on any atom is 0.273 e. The van der Waals surface area contributed by atoms with E-state index in [9.17, 15) is 18.0 Å². The van der Waals surface area contributed by atoms with Gasteiger partial charge in [0.05, 0.1) is 23.6 Å². The van der Waals surface area contributed by atoms with E-state index in [1.165, 1.54) is 30.3 Å². The molecule has 0 radical (unpaired) electrons. The van der Waals surface area contributed by atoms with Gasteiger partial charge < -0.3 is 9.15 Å². The van der Waals surface area contributed by atoms with E-state index in [4.69, 9.17) is 9.15 Å². The third kappa shape index (κ3) is 5.56. The molecule has 1 aromatic heterocycles. The van der Waals surface area contributed by atoms with Crippen LogP contribution in [0.4, 0.5) is 0 Å².